The SMILES string of the molecule is COCCCCc1cc(CC(CC(N)C2CC(C(C)C)C(=O)O2)C(C)C)cc(C)n1. The molecule has 0 amide bonds. The van der Waals surface area contributed by atoms with Crippen LogP contribution in [0, 0.1) is 30.6 Å². The van der Waals surface area contributed by atoms with Gasteiger partial charge in [-0.05, 0) is 80.9 Å². The van der Waals surface area contributed by atoms with Crippen LogP contribution in [0.25, 0.3) is 0 Å². The van der Waals surface area contributed by atoms with Crippen molar-refractivity contribution in [2.24, 2.45) is 29.4 Å². The highest BCUT2D eigenvalue weighted by molar-refractivity contribution is 5.75. The lowest BCUT2D eigenvalue weighted by Crippen LogP contribution is -2.37. The number of carbonyl (C=O) groups is 1. The van der Waals surface area contributed by atoms with Gasteiger partial charge in [-0.2, -0.15) is 0 Å². The molecule has 2 N–H and O–H groups in total. The van der Waals surface area contributed by atoms with Crippen LogP contribution in [-0.4, -0.2) is 36.8 Å². The minimum absolute atomic E-state index is 0.0120. The van der Waals surface area contributed by atoms with E-state index in [0.717, 1.165) is 56.5 Å². The number of aryl methyl sites for hydroxylation is 2. The summed E-state index contributed by atoms with van der Waals surface area (Å²) >= 11 is 0. The average molecular weight is 419 g/mol. The molecule has 1 aliphatic heterocycles. The number of pyridine rings is 1. The van der Waals surface area contributed by atoms with Crippen LogP contribution in [-0.2, 0) is 27.1 Å². The third-order valence-corrected chi connectivity index (χ3v) is 6.45. The number of rotatable bonds is 12. The number of methoxy groups -OCH3 is 1. The summed E-state index contributed by atoms with van der Waals surface area (Å²) < 4.78 is 10.8. The summed E-state index contributed by atoms with van der Waals surface area (Å²) in [6.07, 6.45) is 5.58. The summed E-state index contributed by atoms with van der Waals surface area (Å²) in [6.45, 7) is 11.5. The van der Waals surface area contributed by atoms with E-state index in [-0.39, 0.29) is 24.0 Å². The van der Waals surface area contributed by atoms with E-state index in [9.17, 15) is 4.79 Å². The van der Waals surface area contributed by atoms with Gasteiger partial charge in [-0.1, -0.05) is 27.7 Å². The molecular weight excluding hydrogens is 376 g/mol. The van der Waals surface area contributed by atoms with E-state index in [1.165, 1.54) is 5.56 Å². The van der Waals surface area contributed by atoms with E-state index in [1.807, 2.05) is 0 Å². The molecule has 1 aliphatic rings. The normalized spacial score (nSPS) is 21.3. The minimum atomic E-state index is -0.151. The maximum Gasteiger partial charge on any atom is 0.309 e. The fraction of sp³-hybridized carbons (Fsp3) is 0.760. The zero-order valence-electron chi connectivity index (χ0n) is 19.8. The molecule has 170 valence electrons. The number of nitrogens with two attached hydrogens (primary N) is 1. The first-order valence-electron chi connectivity index (χ1n) is 11.6. The standard InChI is InChI=1S/C25H42N2O3/c1-16(2)20(14-23(26)24-15-22(17(3)4)25(28)30-24)12-19-11-18(5)27-21(13-19)9-7-8-10-29-6/h11,13,16-17,20,22-24H,7-10,12,14-15,26H2,1-6H3. The lowest BCUT2D eigenvalue weighted by molar-refractivity contribution is -0.146. The molecule has 5 nitrogen and oxygen atoms in total. The van der Waals surface area contributed by atoms with Crippen LogP contribution in [0.5, 0.6) is 0 Å². The first-order chi connectivity index (χ1) is 14.2. The number of hydrogen-bond acceptors (Lipinski definition) is 5. The van der Waals surface area contributed by atoms with Gasteiger partial charge in [-0.15, -0.1) is 0 Å². The smallest absolute Gasteiger partial charge is 0.309 e. The zero-order chi connectivity index (χ0) is 22.3. The third kappa shape index (κ3) is 7.35. The summed E-state index contributed by atoms with van der Waals surface area (Å²) in [6, 6.07) is 4.34. The lowest BCUT2D eigenvalue weighted by atomic mass is 9.82. The molecule has 2 heterocycles. The van der Waals surface area contributed by atoms with Crippen LogP contribution in [0.1, 0.15) is 70.3 Å². The number of nitrogens with zero attached hydrogens (tertiary/aromatic N) is 1. The van der Waals surface area contributed by atoms with Gasteiger partial charge < -0.3 is 15.2 Å². The van der Waals surface area contributed by atoms with Crippen molar-refractivity contribution in [1.29, 1.82) is 0 Å². The molecule has 0 aliphatic carbocycles. The highest BCUT2D eigenvalue weighted by atomic mass is 16.6. The molecule has 30 heavy (non-hydrogen) atoms. The predicted octanol–water partition coefficient (Wildman–Crippen LogP) is 4.48. The molecule has 2 rings (SSSR count). The Hall–Kier alpha value is -1.46. The maximum atomic E-state index is 12.2. The third-order valence-electron chi connectivity index (χ3n) is 6.45. The Morgan fingerprint density at radius 1 is 1.23 bits per heavy atom. The lowest BCUT2D eigenvalue weighted by Gasteiger charge is -2.27. The average Bonchev–Trinajstić information content (AvgIpc) is 3.06. The Kier molecular flexibility index (Phi) is 9.76. The van der Waals surface area contributed by atoms with Gasteiger partial charge in [0.1, 0.15) is 6.10 Å². The predicted molar refractivity (Wildman–Crippen MR) is 121 cm³/mol. The molecule has 4 unspecified atom stereocenters. The van der Waals surface area contributed by atoms with Crippen molar-refractivity contribution < 1.29 is 14.3 Å². The molecule has 1 saturated heterocycles. The van der Waals surface area contributed by atoms with Gasteiger partial charge in [0.15, 0.2) is 0 Å². The Bertz CT molecular complexity index is 674. The van der Waals surface area contributed by atoms with E-state index in [0.29, 0.717) is 17.8 Å². The van der Waals surface area contributed by atoms with Gasteiger partial charge in [-0.3, -0.25) is 9.78 Å². The number of esters is 1. The number of hydrogen-bond donors (Lipinski definition) is 1. The molecule has 4 atom stereocenters. The van der Waals surface area contributed by atoms with Crippen molar-refractivity contribution >= 4 is 5.97 Å². The van der Waals surface area contributed by atoms with Crippen molar-refractivity contribution in [2.75, 3.05) is 13.7 Å². The Balaban J connectivity index is 2.00. The van der Waals surface area contributed by atoms with Crippen LogP contribution in [0.4, 0.5) is 0 Å². The summed E-state index contributed by atoms with van der Waals surface area (Å²) in [5, 5.41) is 0. The quantitative estimate of drug-likeness (QED) is 0.400. The second-order valence-corrected chi connectivity index (χ2v) is 9.73. The number of unbranched alkanes of at least 4 members (excludes halogenated alkanes) is 1. The van der Waals surface area contributed by atoms with Gasteiger partial charge in [0.05, 0.1) is 5.92 Å². The Morgan fingerprint density at radius 2 is 1.97 bits per heavy atom. The highest BCUT2D eigenvalue weighted by Gasteiger charge is 2.39. The summed E-state index contributed by atoms with van der Waals surface area (Å²) in [4.78, 5) is 16.9. The molecule has 0 aromatic carbocycles. The van der Waals surface area contributed by atoms with Crippen molar-refractivity contribution in [3.05, 3.63) is 29.1 Å². The molecule has 1 aromatic rings. The number of aromatic nitrogens is 1. The number of ether oxygens (including phenoxy) is 2. The van der Waals surface area contributed by atoms with E-state index >= 15 is 0 Å². The Labute approximate surface area is 183 Å². The molecule has 0 spiro atoms. The molecule has 1 fully saturated rings. The monoisotopic (exact) mass is 418 g/mol. The molecular formula is C25H42N2O3. The summed E-state index contributed by atoms with van der Waals surface area (Å²) in [5.41, 5.74) is 10.1. The minimum Gasteiger partial charge on any atom is -0.460 e. The van der Waals surface area contributed by atoms with Gasteiger partial charge in [0.25, 0.3) is 0 Å². The zero-order valence-corrected chi connectivity index (χ0v) is 19.8. The Morgan fingerprint density at radius 3 is 2.57 bits per heavy atom. The number of carbonyl (C=O) groups excluding carboxylic acids is 1. The van der Waals surface area contributed by atoms with Gasteiger partial charge in [0.2, 0.25) is 0 Å². The fourth-order valence-corrected chi connectivity index (χ4v) is 4.45. The molecule has 0 saturated carbocycles. The second kappa shape index (κ2) is 11.8. The highest BCUT2D eigenvalue weighted by Crippen LogP contribution is 2.32. The van der Waals surface area contributed by atoms with Crippen molar-refractivity contribution in [2.45, 2.75) is 85.3 Å². The largest absolute Gasteiger partial charge is 0.460 e. The van der Waals surface area contributed by atoms with E-state index < -0.39 is 0 Å². The van der Waals surface area contributed by atoms with Crippen molar-refractivity contribution in [1.82, 2.24) is 4.98 Å². The molecule has 1 aromatic heterocycles. The maximum absolute atomic E-state index is 12.2. The fourth-order valence-electron chi connectivity index (χ4n) is 4.45. The van der Waals surface area contributed by atoms with E-state index in [2.05, 4.69) is 46.8 Å². The van der Waals surface area contributed by atoms with E-state index in [4.69, 9.17) is 20.2 Å². The van der Waals surface area contributed by atoms with Gasteiger partial charge in [0, 0.05) is 31.1 Å². The van der Waals surface area contributed by atoms with Crippen LogP contribution < -0.4 is 5.73 Å². The van der Waals surface area contributed by atoms with Crippen LogP contribution in [0.15, 0.2) is 12.1 Å². The van der Waals surface area contributed by atoms with E-state index in [1.54, 1.807) is 7.11 Å². The van der Waals surface area contributed by atoms with Crippen molar-refractivity contribution in [3.63, 3.8) is 0 Å². The van der Waals surface area contributed by atoms with Gasteiger partial charge >= 0.3 is 5.97 Å². The first kappa shape index (κ1) is 24.8. The van der Waals surface area contributed by atoms with Crippen LogP contribution >= 0.6 is 0 Å². The topological polar surface area (TPSA) is 74.4 Å². The molecule has 0 radical (unpaired) electrons. The van der Waals surface area contributed by atoms with Gasteiger partial charge in [-0.25, -0.2) is 0 Å². The second-order valence-electron chi connectivity index (χ2n) is 9.73. The van der Waals surface area contributed by atoms with Crippen LogP contribution in [0.2, 0.25) is 0 Å². The molecule has 0 bridgehead atoms. The summed E-state index contributed by atoms with van der Waals surface area (Å²) in [5.74, 6) is 1.17. The first-order valence-corrected chi connectivity index (χ1v) is 11.6. The van der Waals surface area contributed by atoms with Crippen LogP contribution in [0.3, 0.4) is 0 Å². The number of cyclic esters (lactones) is 1. The molecule has 5 heteroatoms. The van der Waals surface area contributed by atoms with Crippen molar-refractivity contribution in [3.8, 4) is 0 Å². The summed E-state index contributed by atoms with van der Waals surface area (Å²) in [7, 11) is 1.75.